The molecule has 0 saturated heterocycles. The average Bonchev–Trinajstić information content (AvgIpc) is 2.54. The molecule has 3 heteroatoms. The molecule has 0 spiro atoms. The molecule has 120 valence electrons. The maximum absolute atomic E-state index is 6.36. The van der Waals surface area contributed by atoms with E-state index in [2.05, 4.69) is 51.1 Å². The van der Waals surface area contributed by atoms with Crippen LogP contribution in [0.4, 0.5) is 0 Å². The fourth-order valence-electron chi connectivity index (χ4n) is 2.49. The first-order chi connectivity index (χ1) is 10.3. The van der Waals surface area contributed by atoms with Crippen LogP contribution in [0, 0.1) is 0 Å². The molecular weight excluding hydrogens is 276 g/mol. The van der Waals surface area contributed by atoms with Crippen molar-refractivity contribution < 1.29 is 8.85 Å². The average molecular weight is 309 g/mol. The van der Waals surface area contributed by atoms with Crippen molar-refractivity contribution in [2.24, 2.45) is 0 Å². The van der Waals surface area contributed by atoms with E-state index in [1.807, 2.05) is 0 Å². The summed E-state index contributed by atoms with van der Waals surface area (Å²) in [7, 11) is -2.25. The number of hydrogen-bond acceptors (Lipinski definition) is 2. The lowest BCUT2D eigenvalue weighted by molar-refractivity contribution is 0.174. The van der Waals surface area contributed by atoms with Gasteiger partial charge in [0, 0.05) is 13.2 Å². The Hall–Kier alpha value is -0.643. The lowest BCUT2D eigenvalue weighted by atomic mass is 10.3. The highest BCUT2D eigenvalue weighted by Crippen LogP contribution is 2.16. The maximum atomic E-state index is 6.36. The predicted molar refractivity (Wildman–Crippen MR) is 93.3 cm³/mol. The molecule has 0 radical (unpaired) electrons. The van der Waals surface area contributed by atoms with Crippen LogP contribution in [0.25, 0.3) is 0 Å². The summed E-state index contributed by atoms with van der Waals surface area (Å²) >= 11 is 0. The highest BCUT2D eigenvalue weighted by molar-refractivity contribution is 6.81. The molecule has 0 bridgehead atoms. The van der Waals surface area contributed by atoms with Crippen LogP contribution >= 0.6 is 0 Å². The Kier molecular flexibility index (Phi) is 9.64. The van der Waals surface area contributed by atoms with Crippen molar-refractivity contribution in [3.63, 3.8) is 0 Å². The molecule has 0 unspecified atom stereocenters. The molecule has 0 fully saturated rings. The summed E-state index contributed by atoms with van der Waals surface area (Å²) in [5.74, 6) is 0. The van der Waals surface area contributed by atoms with Gasteiger partial charge in [-0.15, -0.1) is 0 Å². The van der Waals surface area contributed by atoms with Gasteiger partial charge in [0.2, 0.25) is 0 Å². The minimum Gasteiger partial charge on any atom is -0.391 e. The summed E-state index contributed by atoms with van der Waals surface area (Å²) in [4.78, 5) is 0. The molecule has 0 aliphatic rings. The van der Waals surface area contributed by atoms with Crippen molar-refractivity contribution in [3.8, 4) is 0 Å². The standard InChI is InChI=1S/C18H32O2Si/c1-4-7-12-16-19-21(6-3,20-17-13-8-5-2)18-14-10-9-11-15-18/h9-11,14-15H,4-8,12-13,16-17H2,1-3H3. The molecule has 0 N–H and O–H groups in total. The van der Waals surface area contributed by atoms with Crippen molar-refractivity contribution in [1.29, 1.82) is 0 Å². The van der Waals surface area contributed by atoms with Crippen molar-refractivity contribution in [3.05, 3.63) is 30.3 Å². The van der Waals surface area contributed by atoms with Crippen LogP contribution in [0.2, 0.25) is 6.04 Å². The van der Waals surface area contributed by atoms with Crippen LogP contribution in [0.3, 0.4) is 0 Å². The van der Waals surface area contributed by atoms with E-state index in [1.165, 1.54) is 30.9 Å². The van der Waals surface area contributed by atoms with E-state index in [-0.39, 0.29) is 0 Å². The molecule has 0 aromatic heterocycles. The Labute approximate surface area is 132 Å². The van der Waals surface area contributed by atoms with Crippen molar-refractivity contribution in [1.82, 2.24) is 0 Å². The zero-order chi connectivity index (χ0) is 15.4. The van der Waals surface area contributed by atoms with Gasteiger partial charge in [-0.05, 0) is 24.1 Å². The van der Waals surface area contributed by atoms with E-state index in [0.717, 1.165) is 32.1 Å². The Balaban J connectivity index is 2.70. The molecule has 0 aliphatic heterocycles. The van der Waals surface area contributed by atoms with Crippen LogP contribution in [0.15, 0.2) is 30.3 Å². The topological polar surface area (TPSA) is 18.5 Å². The predicted octanol–water partition coefficient (Wildman–Crippen LogP) is 4.77. The summed E-state index contributed by atoms with van der Waals surface area (Å²) in [5.41, 5.74) is 0. The van der Waals surface area contributed by atoms with Crippen LogP contribution < -0.4 is 5.19 Å². The minimum absolute atomic E-state index is 0.830. The third-order valence-electron chi connectivity index (χ3n) is 3.85. The van der Waals surface area contributed by atoms with Gasteiger partial charge >= 0.3 is 8.56 Å². The van der Waals surface area contributed by atoms with Gasteiger partial charge in [-0.3, -0.25) is 0 Å². The van der Waals surface area contributed by atoms with Crippen molar-refractivity contribution in [2.45, 2.75) is 65.3 Å². The van der Waals surface area contributed by atoms with Gasteiger partial charge < -0.3 is 8.85 Å². The van der Waals surface area contributed by atoms with Gasteiger partial charge in [-0.1, -0.05) is 76.8 Å². The second kappa shape index (κ2) is 11.0. The van der Waals surface area contributed by atoms with Crippen molar-refractivity contribution >= 4 is 13.7 Å². The van der Waals surface area contributed by atoms with Gasteiger partial charge in [0.15, 0.2) is 0 Å². The summed E-state index contributed by atoms with van der Waals surface area (Å²) in [6.07, 6.45) is 7.20. The Morgan fingerprint density at radius 3 is 1.71 bits per heavy atom. The molecule has 0 atom stereocenters. The Bertz CT molecular complexity index is 341. The third-order valence-corrected chi connectivity index (χ3v) is 7.33. The van der Waals surface area contributed by atoms with Crippen LogP contribution in [0.1, 0.15) is 59.3 Å². The number of unbranched alkanes of at least 4 members (excludes halogenated alkanes) is 4. The van der Waals surface area contributed by atoms with E-state index in [4.69, 9.17) is 8.85 Å². The second-order valence-corrected chi connectivity index (χ2v) is 8.95. The lowest BCUT2D eigenvalue weighted by Gasteiger charge is -2.30. The lowest BCUT2D eigenvalue weighted by Crippen LogP contribution is -2.53. The first kappa shape index (κ1) is 18.4. The molecule has 0 heterocycles. The van der Waals surface area contributed by atoms with Gasteiger partial charge in [-0.25, -0.2) is 0 Å². The van der Waals surface area contributed by atoms with E-state index >= 15 is 0 Å². The summed E-state index contributed by atoms with van der Waals surface area (Å²) in [6.45, 7) is 8.32. The van der Waals surface area contributed by atoms with Crippen LogP contribution in [-0.4, -0.2) is 21.8 Å². The number of hydrogen-bond donors (Lipinski definition) is 0. The SMILES string of the molecule is CCCCCO[Si](CC)(OCCCCC)c1ccccc1. The van der Waals surface area contributed by atoms with E-state index in [0.29, 0.717) is 0 Å². The number of rotatable bonds is 12. The monoisotopic (exact) mass is 308 g/mol. The molecule has 1 aromatic rings. The molecule has 1 rings (SSSR count). The molecular formula is C18H32O2Si. The van der Waals surface area contributed by atoms with E-state index < -0.39 is 8.56 Å². The van der Waals surface area contributed by atoms with E-state index in [9.17, 15) is 0 Å². The highest BCUT2D eigenvalue weighted by atomic mass is 28.4. The summed E-state index contributed by atoms with van der Waals surface area (Å²) in [6, 6.07) is 11.6. The molecule has 21 heavy (non-hydrogen) atoms. The van der Waals surface area contributed by atoms with Gasteiger partial charge in [-0.2, -0.15) is 0 Å². The van der Waals surface area contributed by atoms with Crippen LogP contribution in [-0.2, 0) is 8.85 Å². The quantitative estimate of drug-likeness (QED) is 0.409. The summed E-state index contributed by atoms with van der Waals surface area (Å²) < 4.78 is 12.7. The molecule has 0 amide bonds. The zero-order valence-electron chi connectivity index (χ0n) is 14.1. The highest BCUT2D eigenvalue weighted by Gasteiger charge is 2.37. The van der Waals surface area contributed by atoms with Gasteiger partial charge in [0.05, 0.1) is 0 Å². The minimum atomic E-state index is -2.25. The van der Waals surface area contributed by atoms with Crippen LogP contribution in [0.5, 0.6) is 0 Å². The normalized spacial score (nSPS) is 11.8. The smallest absolute Gasteiger partial charge is 0.372 e. The first-order valence-corrected chi connectivity index (χ1v) is 10.6. The molecule has 1 aromatic carbocycles. The molecule has 0 aliphatic carbocycles. The molecule has 0 saturated carbocycles. The van der Waals surface area contributed by atoms with E-state index in [1.54, 1.807) is 0 Å². The van der Waals surface area contributed by atoms with Gasteiger partial charge in [0.1, 0.15) is 0 Å². The van der Waals surface area contributed by atoms with Crippen molar-refractivity contribution in [2.75, 3.05) is 13.2 Å². The first-order valence-electron chi connectivity index (χ1n) is 8.62. The maximum Gasteiger partial charge on any atom is 0.372 e. The fraction of sp³-hybridized carbons (Fsp3) is 0.667. The Morgan fingerprint density at radius 1 is 0.762 bits per heavy atom. The number of benzene rings is 1. The van der Waals surface area contributed by atoms with Gasteiger partial charge in [0.25, 0.3) is 0 Å². The fourth-order valence-corrected chi connectivity index (χ4v) is 5.37. The Morgan fingerprint density at radius 2 is 1.29 bits per heavy atom. The zero-order valence-corrected chi connectivity index (χ0v) is 15.1. The molecule has 2 nitrogen and oxygen atoms in total. The largest absolute Gasteiger partial charge is 0.391 e. The summed E-state index contributed by atoms with van der Waals surface area (Å²) in [5, 5.41) is 1.28. The third kappa shape index (κ3) is 6.33. The second-order valence-electron chi connectivity index (χ2n) is 5.58.